The fraction of sp³-hybridized carbons (Fsp3) is 0.600. The average Bonchev–Trinajstić information content (AvgIpc) is 1.69. The SMILES string of the molecule is CC1=CBCNC1. The van der Waals surface area contributed by atoms with Gasteiger partial charge in [0.15, 0.2) is 7.28 Å². The van der Waals surface area contributed by atoms with Gasteiger partial charge in [0.1, 0.15) is 0 Å². The fourth-order valence-electron chi connectivity index (χ4n) is 0.778. The van der Waals surface area contributed by atoms with Gasteiger partial charge in [-0.05, 0) is 13.4 Å². The Morgan fingerprint density at radius 3 is 3.00 bits per heavy atom. The third-order valence-electron chi connectivity index (χ3n) is 1.22. The van der Waals surface area contributed by atoms with Crippen LogP contribution in [0.25, 0.3) is 0 Å². The smallest absolute Gasteiger partial charge is 0.163 e. The molecule has 1 heterocycles. The molecule has 0 saturated carbocycles. The number of rotatable bonds is 0. The van der Waals surface area contributed by atoms with Crippen LogP contribution in [0.4, 0.5) is 0 Å². The number of hydrogen-bond acceptors (Lipinski definition) is 1. The second-order valence-corrected chi connectivity index (χ2v) is 2.02. The lowest BCUT2D eigenvalue weighted by atomic mass is 9.75. The largest absolute Gasteiger partial charge is 0.320 e. The van der Waals surface area contributed by atoms with Crippen LogP contribution in [0.15, 0.2) is 11.5 Å². The summed E-state index contributed by atoms with van der Waals surface area (Å²) in [7, 11) is 1.21. The van der Waals surface area contributed by atoms with E-state index in [1.807, 2.05) is 0 Å². The predicted octanol–water partition coefficient (Wildman–Crippen LogP) is -0.113. The van der Waals surface area contributed by atoms with E-state index in [0.717, 1.165) is 13.0 Å². The normalized spacial score (nSPS) is 20.4. The highest BCUT2D eigenvalue weighted by atomic mass is 14.8. The van der Waals surface area contributed by atoms with Crippen molar-refractivity contribution in [1.82, 2.24) is 5.32 Å². The summed E-state index contributed by atoms with van der Waals surface area (Å²) < 4.78 is 0. The molecule has 0 aromatic heterocycles. The van der Waals surface area contributed by atoms with Crippen molar-refractivity contribution in [3.63, 3.8) is 0 Å². The summed E-state index contributed by atoms with van der Waals surface area (Å²) in [5.74, 6) is 2.29. The molecule has 0 fully saturated rings. The molecular weight excluding hydrogens is 84.9 g/mol. The van der Waals surface area contributed by atoms with Crippen molar-refractivity contribution >= 4 is 7.28 Å². The van der Waals surface area contributed by atoms with Crippen LogP contribution in [-0.4, -0.2) is 20.3 Å². The van der Waals surface area contributed by atoms with Gasteiger partial charge in [0.25, 0.3) is 0 Å². The third-order valence-corrected chi connectivity index (χ3v) is 1.22. The van der Waals surface area contributed by atoms with E-state index < -0.39 is 0 Å². The molecule has 1 aliphatic rings. The van der Waals surface area contributed by atoms with E-state index in [1.165, 1.54) is 12.9 Å². The summed E-state index contributed by atoms with van der Waals surface area (Å²) in [6.07, 6.45) is 1.16. The molecule has 1 N–H and O–H groups in total. The summed E-state index contributed by atoms with van der Waals surface area (Å²) in [5, 5.41) is 3.27. The van der Waals surface area contributed by atoms with Gasteiger partial charge in [-0.2, -0.15) is 0 Å². The number of hydrogen-bond donors (Lipinski definition) is 1. The van der Waals surface area contributed by atoms with E-state index in [4.69, 9.17) is 0 Å². The van der Waals surface area contributed by atoms with Crippen LogP contribution in [0.2, 0.25) is 0 Å². The second-order valence-electron chi connectivity index (χ2n) is 2.02. The van der Waals surface area contributed by atoms with Gasteiger partial charge in [-0.1, -0.05) is 5.57 Å². The van der Waals surface area contributed by atoms with Crippen LogP contribution < -0.4 is 5.32 Å². The van der Waals surface area contributed by atoms with Crippen LogP contribution in [0, 0.1) is 0 Å². The molecule has 0 amide bonds. The van der Waals surface area contributed by atoms with Gasteiger partial charge in [0, 0.05) is 6.54 Å². The average molecular weight is 95.0 g/mol. The van der Waals surface area contributed by atoms with E-state index >= 15 is 0 Å². The van der Waals surface area contributed by atoms with E-state index in [-0.39, 0.29) is 0 Å². The third kappa shape index (κ3) is 1.36. The zero-order valence-electron chi connectivity index (χ0n) is 4.70. The Bertz CT molecular complexity index is 88.1. The minimum Gasteiger partial charge on any atom is -0.320 e. The summed E-state index contributed by atoms with van der Waals surface area (Å²) in [4.78, 5) is 0. The minimum atomic E-state index is 1.10. The Kier molecular flexibility index (Phi) is 1.52. The maximum absolute atomic E-state index is 3.27. The van der Waals surface area contributed by atoms with Crippen LogP contribution in [0.5, 0.6) is 0 Å². The Hall–Kier alpha value is -0.235. The van der Waals surface area contributed by atoms with Crippen LogP contribution in [0.1, 0.15) is 6.92 Å². The Morgan fingerprint density at radius 2 is 2.71 bits per heavy atom. The molecule has 0 aliphatic carbocycles. The summed E-state index contributed by atoms with van der Waals surface area (Å²) in [6, 6.07) is 0. The predicted molar refractivity (Wildman–Crippen MR) is 33.8 cm³/mol. The summed E-state index contributed by atoms with van der Waals surface area (Å²) in [6.45, 7) is 3.26. The molecule has 2 heteroatoms. The van der Waals surface area contributed by atoms with Crippen LogP contribution >= 0.6 is 0 Å². The van der Waals surface area contributed by atoms with Crippen molar-refractivity contribution in [2.45, 2.75) is 6.92 Å². The molecule has 0 spiro atoms. The van der Waals surface area contributed by atoms with Gasteiger partial charge in [0.05, 0.1) is 0 Å². The zero-order chi connectivity index (χ0) is 5.11. The fourth-order valence-corrected chi connectivity index (χ4v) is 0.778. The Balaban J connectivity index is 2.40. The molecule has 1 nitrogen and oxygen atoms in total. The van der Waals surface area contributed by atoms with Gasteiger partial charge in [-0.3, -0.25) is 0 Å². The standard InChI is InChI=1S/C5H10BN/c1-5-2-6-4-7-3-5/h2,6-7H,3-4H2,1H3. The molecule has 0 unspecified atom stereocenters. The molecule has 0 aromatic carbocycles. The highest BCUT2D eigenvalue weighted by Crippen LogP contribution is 1.90. The van der Waals surface area contributed by atoms with Gasteiger partial charge >= 0.3 is 0 Å². The lowest BCUT2D eigenvalue weighted by molar-refractivity contribution is 0.836. The molecule has 0 atom stereocenters. The molecular formula is C5H10BN. The van der Waals surface area contributed by atoms with E-state index in [0.29, 0.717) is 0 Å². The first-order valence-electron chi connectivity index (χ1n) is 2.76. The van der Waals surface area contributed by atoms with Crippen molar-refractivity contribution in [2.24, 2.45) is 0 Å². The maximum Gasteiger partial charge on any atom is 0.163 e. The molecule has 7 heavy (non-hydrogen) atoms. The van der Waals surface area contributed by atoms with E-state index in [9.17, 15) is 0 Å². The van der Waals surface area contributed by atoms with Gasteiger partial charge in [-0.25, -0.2) is 0 Å². The van der Waals surface area contributed by atoms with Crippen molar-refractivity contribution < 1.29 is 0 Å². The van der Waals surface area contributed by atoms with Crippen molar-refractivity contribution in [3.8, 4) is 0 Å². The molecule has 1 rings (SSSR count). The highest BCUT2D eigenvalue weighted by Gasteiger charge is 1.95. The van der Waals surface area contributed by atoms with Crippen LogP contribution in [0.3, 0.4) is 0 Å². The van der Waals surface area contributed by atoms with E-state index in [1.54, 1.807) is 0 Å². The first-order valence-corrected chi connectivity index (χ1v) is 2.76. The molecule has 0 saturated heterocycles. The quantitative estimate of drug-likeness (QED) is 0.414. The zero-order valence-corrected chi connectivity index (χ0v) is 4.70. The molecule has 0 aromatic rings. The van der Waals surface area contributed by atoms with Crippen molar-refractivity contribution in [2.75, 3.05) is 13.0 Å². The Morgan fingerprint density at radius 1 is 1.86 bits per heavy atom. The molecule has 0 bridgehead atoms. The number of nitrogens with one attached hydrogen (secondary N) is 1. The van der Waals surface area contributed by atoms with Crippen molar-refractivity contribution in [3.05, 3.63) is 11.5 Å². The van der Waals surface area contributed by atoms with Gasteiger partial charge in [0.2, 0.25) is 0 Å². The van der Waals surface area contributed by atoms with Gasteiger partial charge < -0.3 is 5.32 Å². The lowest BCUT2D eigenvalue weighted by Gasteiger charge is -2.07. The van der Waals surface area contributed by atoms with E-state index in [2.05, 4.69) is 18.2 Å². The first-order chi connectivity index (χ1) is 3.39. The first kappa shape index (κ1) is 4.91. The van der Waals surface area contributed by atoms with Crippen molar-refractivity contribution in [1.29, 1.82) is 0 Å². The summed E-state index contributed by atoms with van der Waals surface area (Å²) in [5.41, 5.74) is 1.48. The second kappa shape index (κ2) is 2.17. The van der Waals surface area contributed by atoms with Gasteiger partial charge in [-0.15, -0.1) is 5.98 Å². The maximum atomic E-state index is 3.27. The highest BCUT2D eigenvalue weighted by molar-refractivity contribution is 6.42. The monoisotopic (exact) mass is 95.1 g/mol. The molecule has 1 aliphatic heterocycles. The minimum absolute atomic E-state index is 1.10. The topological polar surface area (TPSA) is 12.0 Å². The Labute approximate surface area is 45.0 Å². The lowest BCUT2D eigenvalue weighted by Crippen LogP contribution is -2.26. The molecule has 38 valence electrons. The summed E-state index contributed by atoms with van der Waals surface area (Å²) >= 11 is 0. The van der Waals surface area contributed by atoms with Crippen LogP contribution in [-0.2, 0) is 0 Å². The molecule has 0 radical (unpaired) electrons.